The van der Waals surface area contributed by atoms with Gasteiger partial charge >= 0.3 is 11.8 Å². The van der Waals surface area contributed by atoms with Crippen molar-refractivity contribution in [2.24, 2.45) is 5.10 Å². The van der Waals surface area contributed by atoms with E-state index in [1.165, 1.54) is 0 Å². The number of rotatable bonds is 5. The Bertz CT molecular complexity index is 884. The van der Waals surface area contributed by atoms with E-state index in [0.29, 0.717) is 27.8 Å². The fourth-order valence-corrected chi connectivity index (χ4v) is 2.19. The van der Waals surface area contributed by atoms with Crippen molar-refractivity contribution in [2.75, 3.05) is 10.6 Å². The fraction of sp³-hybridized carbons (Fsp3) is 0.167. The first-order valence-electron chi connectivity index (χ1n) is 7.97. The molecule has 3 N–H and O–H groups in total. The van der Waals surface area contributed by atoms with E-state index >= 15 is 0 Å². The molecule has 0 spiro atoms. The summed E-state index contributed by atoms with van der Waals surface area (Å²) in [7, 11) is 0. The van der Waals surface area contributed by atoms with Crippen LogP contribution in [0.5, 0.6) is 0 Å². The molecule has 3 amide bonds. The quantitative estimate of drug-likeness (QED) is 0.415. The predicted octanol–water partition coefficient (Wildman–Crippen LogP) is 2.50. The summed E-state index contributed by atoms with van der Waals surface area (Å²) in [5.41, 5.74) is 3.51. The van der Waals surface area contributed by atoms with Crippen LogP contribution in [0.15, 0.2) is 47.7 Å². The van der Waals surface area contributed by atoms with E-state index in [4.69, 9.17) is 11.6 Å². The summed E-state index contributed by atoms with van der Waals surface area (Å²) in [4.78, 5) is 39.6. The van der Waals surface area contributed by atoms with Gasteiger partial charge in [0.15, 0.2) is 0 Å². The molecule has 9 heteroatoms. The summed E-state index contributed by atoms with van der Waals surface area (Å²) in [6.07, 6.45) is 1.49. The molecule has 1 aromatic heterocycles. The Balaban J connectivity index is 1.86. The number of hydrogen-bond donors (Lipinski definition) is 3. The lowest BCUT2D eigenvalue weighted by Gasteiger charge is -2.08. The van der Waals surface area contributed by atoms with Gasteiger partial charge in [-0.2, -0.15) is 5.10 Å². The van der Waals surface area contributed by atoms with Crippen LogP contribution < -0.4 is 16.1 Å². The molecule has 27 heavy (non-hydrogen) atoms. The summed E-state index contributed by atoms with van der Waals surface area (Å²) < 4.78 is 0. The number of benzene rings is 1. The van der Waals surface area contributed by atoms with Gasteiger partial charge in [0, 0.05) is 22.6 Å². The van der Waals surface area contributed by atoms with Crippen LogP contribution in [-0.4, -0.2) is 28.4 Å². The number of halogens is 1. The van der Waals surface area contributed by atoms with E-state index in [0.717, 1.165) is 0 Å². The summed E-state index contributed by atoms with van der Waals surface area (Å²) in [5, 5.41) is 9.28. The number of pyridine rings is 1. The monoisotopic (exact) mass is 387 g/mol. The van der Waals surface area contributed by atoms with Gasteiger partial charge in [0.05, 0.1) is 6.42 Å². The number of hydrazone groups is 1. The first kappa shape index (κ1) is 20.1. The number of anilines is 2. The second-order valence-corrected chi connectivity index (χ2v) is 6.00. The Hall–Kier alpha value is -3.26. The molecule has 0 atom stereocenters. The van der Waals surface area contributed by atoms with Crippen LogP contribution in [0.3, 0.4) is 0 Å². The first-order valence-corrected chi connectivity index (χ1v) is 8.35. The Morgan fingerprint density at radius 2 is 1.85 bits per heavy atom. The van der Waals surface area contributed by atoms with E-state index < -0.39 is 11.8 Å². The van der Waals surface area contributed by atoms with Crippen LogP contribution in [0, 0.1) is 6.92 Å². The standard InChI is InChI=1S/C18H18ClN5O3/c1-11(10-16(25)22-15-8-3-4-9-20-15)23-24-18(27)17(26)21-14-7-5-6-13(19)12(14)2/h3-9H,10H2,1-2H3,(H,21,26)(H,24,27)(H,20,22,25). The summed E-state index contributed by atoms with van der Waals surface area (Å²) in [6.45, 7) is 3.27. The zero-order valence-electron chi connectivity index (χ0n) is 14.7. The summed E-state index contributed by atoms with van der Waals surface area (Å²) >= 11 is 5.97. The van der Waals surface area contributed by atoms with Crippen molar-refractivity contribution in [1.29, 1.82) is 0 Å². The minimum Gasteiger partial charge on any atom is -0.317 e. The lowest BCUT2D eigenvalue weighted by atomic mass is 10.2. The lowest BCUT2D eigenvalue weighted by Crippen LogP contribution is -2.33. The van der Waals surface area contributed by atoms with Crippen molar-refractivity contribution in [3.05, 3.63) is 53.2 Å². The highest BCUT2D eigenvalue weighted by Gasteiger charge is 2.15. The molecule has 0 unspecified atom stereocenters. The van der Waals surface area contributed by atoms with Crippen LogP contribution in [0.25, 0.3) is 0 Å². The highest BCUT2D eigenvalue weighted by Crippen LogP contribution is 2.22. The smallest absolute Gasteiger partial charge is 0.317 e. The normalized spacial score (nSPS) is 10.9. The number of nitrogens with zero attached hydrogens (tertiary/aromatic N) is 2. The third-order valence-electron chi connectivity index (χ3n) is 3.42. The maximum atomic E-state index is 11.9. The van der Waals surface area contributed by atoms with E-state index in [9.17, 15) is 14.4 Å². The molecule has 0 fully saturated rings. The summed E-state index contributed by atoms with van der Waals surface area (Å²) in [5.74, 6) is -1.78. The number of amides is 3. The molecule has 0 aliphatic carbocycles. The molecule has 140 valence electrons. The maximum Gasteiger partial charge on any atom is 0.329 e. The molecule has 0 saturated heterocycles. The van der Waals surface area contributed by atoms with Crippen molar-refractivity contribution < 1.29 is 14.4 Å². The van der Waals surface area contributed by atoms with Gasteiger partial charge < -0.3 is 10.6 Å². The van der Waals surface area contributed by atoms with Gasteiger partial charge in [-0.05, 0) is 43.7 Å². The van der Waals surface area contributed by atoms with E-state index in [2.05, 4.69) is 26.1 Å². The highest BCUT2D eigenvalue weighted by atomic mass is 35.5. The molecule has 1 heterocycles. The van der Waals surface area contributed by atoms with Gasteiger partial charge in [-0.1, -0.05) is 23.7 Å². The van der Waals surface area contributed by atoms with Gasteiger partial charge in [0.2, 0.25) is 5.91 Å². The van der Waals surface area contributed by atoms with E-state index in [1.807, 2.05) is 0 Å². The second-order valence-electron chi connectivity index (χ2n) is 5.59. The van der Waals surface area contributed by atoms with Gasteiger partial charge in [-0.3, -0.25) is 14.4 Å². The Kier molecular flexibility index (Phi) is 7.01. The zero-order valence-corrected chi connectivity index (χ0v) is 15.5. The fourth-order valence-electron chi connectivity index (χ4n) is 2.01. The molecule has 2 aromatic rings. The van der Waals surface area contributed by atoms with E-state index in [-0.39, 0.29) is 12.3 Å². The van der Waals surface area contributed by atoms with Gasteiger partial charge in [0.1, 0.15) is 5.82 Å². The molecule has 0 aliphatic heterocycles. The molecular weight excluding hydrogens is 370 g/mol. The molecular formula is C18H18ClN5O3. The first-order chi connectivity index (χ1) is 12.9. The minimum atomic E-state index is -0.959. The number of carbonyl (C=O) groups excluding carboxylic acids is 3. The molecule has 0 radical (unpaired) electrons. The molecule has 1 aromatic carbocycles. The van der Waals surface area contributed by atoms with Crippen molar-refractivity contribution in [1.82, 2.24) is 10.4 Å². The number of aromatic nitrogens is 1. The molecule has 2 rings (SSSR count). The maximum absolute atomic E-state index is 11.9. The third-order valence-corrected chi connectivity index (χ3v) is 3.83. The molecule has 0 saturated carbocycles. The van der Waals surface area contributed by atoms with E-state index in [1.54, 1.807) is 56.4 Å². The zero-order chi connectivity index (χ0) is 19.8. The Morgan fingerprint density at radius 3 is 2.56 bits per heavy atom. The highest BCUT2D eigenvalue weighted by molar-refractivity contribution is 6.40. The lowest BCUT2D eigenvalue weighted by molar-refractivity contribution is -0.136. The van der Waals surface area contributed by atoms with Crippen molar-refractivity contribution >= 4 is 46.5 Å². The van der Waals surface area contributed by atoms with Crippen molar-refractivity contribution in [2.45, 2.75) is 20.3 Å². The van der Waals surface area contributed by atoms with Crippen LogP contribution >= 0.6 is 11.6 Å². The number of hydrogen-bond acceptors (Lipinski definition) is 5. The molecule has 0 aliphatic rings. The number of carbonyl (C=O) groups is 3. The minimum absolute atomic E-state index is 0.0636. The van der Waals surface area contributed by atoms with Crippen molar-refractivity contribution in [3.8, 4) is 0 Å². The van der Waals surface area contributed by atoms with Gasteiger partial charge in [-0.15, -0.1) is 0 Å². The Morgan fingerprint density at radius 1 is 1.07 bits per heavy atom. The topological polar surface area (TPSA) is 113 Å². The average molecular weight is 388 g/mol. The largest absolute Gasteiger partial charge is 0.329 e. The molecule has 8 nitrogen and oxygen atoms in total. The molecule has 0 bridgehead atoms. The second kappa shape index (κ2) is 9.44. The van der Waals surface area contributed by atoms with Gasteiger partial charge in [0.25, 0.3) is 0 Å². The third kappa shape index (κ3) is 6.19. The van der Waals surface area contributed by atoms with Crippen LogP contribution in [0.2, 0.25) is 5.02 Å². The van der Waals surface area contributed by atoms with Crippen LogP contribution in [0.1, 0.15) is 18.9 Å². The summed E-state index contributed by atoms with van der Waals surface area (Å²) in [6, 6.07) is 10.1. The van der Waals surface area contributed by atoms with Crippen LogP contribution in [0.4, 0.5) is 11.5 Å². The SMILES string of the molecule is CC(CC(=O)Nc1ccccn1)=NNC(=O)C(=O)Nc1cccc(Cl)c1C. The average Bonchev–Trinajstić information content (AvgIpc) is 2.64. The number of nitrogens with one attached hydrogen (secondary N) is 3. The van der Waals surface area contributed by atoms with Gasteiger partial charge in [-0.25, -0.2) is 10.4 Å². The Labute approximate surface area is 161 Å². The predicted molar refractivity (Wildman–Crippen MR) is 104 cm³/mol. The van der Waals surface area contributed by atoms with Crippen molar-refractivity contribution in [3.63, 3.8) is 0 Å². The van der Waals surface area contributed by atoms with Crippen LogP contribution in [-0.2, 0) is 14.4 Å².